The first-order chi connectivity index (χ1) is 7.05. The van der Waals surface area contributed by atoms with Crippen molar-refractivity contribution in [3.8, 4) is 12.1 Å². The normalized spacial score (nSPS) is 10.2. The van der Waals surface area contributed by atoms with Crippen LogP contribution in [-0.4, -0.2) is 29.4 Å². The van der Waals surface area contributed by atoms with Crippen LogP contribution in [0.5, 0.6) is 0 Å². The molecule has 0 aliphatic rings. The van der Waals surface area contributed by atoms with Gasteiger partial charge in [-0.2, -0.15) is 10.5 Å². The van der Waals surface area contributed by atoms with E-state index in [2.05, 4.69) is 0 Å². The number of carbonyl (C=O) groups excluding carboxylic acids is 1. The number of carbonyl (C=O) groups is 1. The minimum absolute atomic E-state index is 0.0919. The fourth-order valence-electron chi connectivity index (χ4n) is 1.24. The second-order valence-corrected chi connectivity index (χ2v) is 3.34. The minimum atomic E-state index is -0.951. The molecule has 0 saturated heterocycles. The smallest absolute Gasteiger partial charge is 0.244 e. The van der Waals surface area contributed by atoms with Gasteiger partial charge < -0.3 is 10.6 Å². The molecule has 0 unspecified atom stereocenters. The molecule has 0 fully saturated rings. The molecule has 0 aromatic carbocycles. The van der Waals surface area contributed by atoms with E-state index >= 15 is 0 Å². The van der Waals surface area contributed by atoms with Gasteiger partial charge in [-0.25, -0.2) is 0 Å². The van der Waals surface area contributed by atoms with Crippen molar-refractivity contribution >= 4 is 5.91 Å². The molecule has 0 heterocycles. The first kappa shape index (κ1) is 13.4. The Kier molecular flexibility index (Phi) is 5.36. The second-order valence-electron chi connectivity index (χ2n) is 3.34. The standard InChI is InChI=1S/C10H16N4O/c1-3-10(13,4-2)9(15)14(7-5-11)8-6-12/h3-4,7-8,13H2,1-2H3. The molecule has 0 aliphatic carbocycles. The first-order valence-corrected chi connectivity index (χ1v) is 4.87. The zero-order valence-electron chi connectivity index (χ0n) is 9.16. The van der Waals surface area contributed by atoms with Crippen LogP contribution < -0.4 is 5.73 Å². The van der Waals surface area contributed by atoms with Gasteiger partial charge in [-0.1, -0.05) is 13.8 Å². The zero-order valence-corrected chi connectivity index (χ0v) is 9.16. The Morgan fingerprint density at radius 2 is 1.67 bits per heavy atom. The van der Waals surface area contributed by atoms with Gasteiger partial charge >= 0.3 is 0 Å². The Labute approximate surface area is 90.1 Å². The van der Waals surface area contributed by atoms with Crippen LogP contribution in [-0.2, 0) is 4.79 Å². The zero-order chi connectivity index (χ0) is 11.9. The van der Waals surface area contributed by atoms with Gasteiger partial charge in [-0.3, -0.25) is 4.79 Å². The Morgan fingerprint density at radius 3 is 1.93 bits per heavy atom. The molecule has 15 heavy (non-hydrogen) atoms. The highest BCUT2D eigenvalue weighted by molar-refractivity contribution is 5.86. The van der Waals surface area contributed by atoms with Crippen molar-refractivity contribution in [1.29, 1.82) is 10.5 Å². The summed E-state index contributed by atoms with van der Waals surface area (Å²) in [5, 5.41) is 17.1. The van der Waals surface area contributed by atoms with Gasteiger partial charge in [0.2, 0.25) is 5.91 Å². The molecule has 0 saturated carbocycles. The summed E-state index contributed by atoms with van der Waals surface area (Å²) in [4.78, 5) is 13.1. The number of hydrogen-bond donors (Lipinski definition) is 1. The molecular formula is C10H16N4O. The van der Waals surface area contributed by atoms with Crippen molar-refractivity contribution in [3.05, 3.63) is 0 Å². The van der Waals surface area contributed by atoms with Crippen LogP contribution in [0, 0.1) is 22.7 Å². The summed E-state index contributed by atoms with van der Waals surface area (Å²) in [5.41, 5.74) is 4.94. The monoisotopic (exact) mass is 208 g/mol. The number of nitrogens with two attached hydrogens (primary N) is 1. The highest BCUT2D eigenvalue weighted by Gasteiger charge is 2.33. The van der Waals surface area contributed by atoms with E-state index in [1.54, 1.807) is 0 Å². The lowest BCUT2D eigenvalue weighted by Gasteiger charge is -2.30. The lowest BCUT2D eigenvalue weighted by atomic mass is 9.92. The van der Waals surface area contributed by atoms with Crippen LogP contribution in [0.2, 0.25) is 0 Å². The van der Waals surface area contributed by atoms with E-state index in [4.69, 9.17) is 16.3 Å². The number of nitrogens with zero attached hydrogens (tertiary/aromatic N) is 3. The van der Waals surface area contributed by atoms with Crippen molar-refractivity contribution < 1.29 is 4.79 Å². The topological polar surface area (TPSA) is 93.9 Å². The molecular weight excluding hydrogens is 192 g/mol. The third-order valence-corrected chi connectivity index (χ3v) is 2.50. The Balaban J connectivity index is 4.78. The first-order valence-electron chi connectivity index (χ1n) is 4.87. The van der Waals surface area contributed by atoms with Crippen LogP contribution in [0.15, 0.2) is 0 Å². The fraction of sp³-hybridized carbons (Fsp3) is 0.700. The van der Waals surface area contributed by atoms with E-state index in [1.165, 1.54) is 4.90 Å². The lowest BCUT2D eigenvalue weighted by molar-refractivity contribution is -0.136. The molecule has 82 valence electrons. The third kappa shape index (κ3) is 3.23. The van der Waals surface area contributed by atoms with Crippen molar-refractivity contribution in [3.63, 3.8) is 0 Å². The summed E-state index contributed by atoms with van der Waals surface area (Å²) in [6.45, 7) is 3.45. The molecule has 0 aromatic rings. The van der Waals surface area contributed by atoms with Gasteiger partial charge in [-0.15, -0.1) is 0 Å². The van der Waals surface area contributed by atoms with Gasteiger partial charge in [0, 0.05) is 0 Å². The Morgan fingerprint density at radius 1 is 1.27 bits per heavy atom. The predicted octanol–water partition coefficient (Wildman–Crippen LogP) is 0.380. The minimum Gasteiger partial charge on any atom is -0.317 e. The molecule has 1 amide bonds. The van der Waals surface area contributed by atoms with E-state index in [0.29, 0.717) is 12.8 Å². The Hall–Kier alpha value is -1.59. The maximum absolute atomic E-state index is 11.9. The third-order valence-electron chi connectivity index (χ3n) is 2.50. The SMILES string of the molecule is CCC(N)(CC)C(=O)N(CC#N)CC#N. The largest absolute Gasteiger partial charge is 0.317 e. The van der Waals surface area contributed by atoms with Crippen molar-refractivity contribution in [1.82, 2.24) is 4.90 Å². The van der Waals surface area contributed by atoms with E-state index < -0.39 is 5.54 Å². The highest BCUT2D eigenvalue weighted by atomic mass is 16.2. The highest BCUT2D eigenvalue weighted by Crippen LogP contribution is 2.14. The van der Waals surface area contributed by atoms with Crippen LogP contribution in [0.4, 0.5) is 0 Å². The molecule has 2 N–H and O–H groups in total. The maximum atomic E-state index is 11.9. The molecule has 0 atom stereocenters. The van der Waals surface area contributed by atoms with Gasteiger partial charge in [-0.05, 0) is 12.8 Å². The Bertz CT molecular complexity index is 280. The predicted molar refractivity (Wildman–Crippen MR) is 55.3 cm³/mol. The summed E-state index contributed by atoms with van der Waals surface area (Å²) >= 11 is 0. The maximum Gasteiger partial charge on any atom is 0.244 e. The van der Waals surface area contributed by atoms with Gasteiger partial charge in [0.1, 0.15) is 13.1 Å². The van der Waals surface area contributed by atoms with Crippen LogP contribution in [0.3, 0.4) is 0 Å². The molecule has 0 aromatic heterocycles. The number of amides is 1. The van der Waals surface area contributed by atoms with Crippen molar-refractivity contribution in [2.45, 2.75) is 32.2 Å². The van der Waals surface area contributed by atoms with Gasteiger partial charge in [0.25, 0.3) is 0 Å². The number of hydrogen-bond acceptors (Lipinski definition) is 4. The molecule has 0 radical (unpaired) electrons. The van der Waals surface area contributed by atoms with Crippen LogP contribution in [0.1, 0.15) is 26.7 Å². The molecule has 0 rings (SSSR count). The van der Waals surface area contributed by atoms with Crippen molar-refractivity contribution in [2.24, 2.45) is 5.73 Å². The van der Waals surface area contributed by atoms with Gasteiger partial charge in [0.15, 0.2) is 0 Å². The van der Waals surface area contributed by atoms with E-state index in [1.807, 2.05) is 26.0 Å². The number of rotatable bonds is 5. The quantitative estimate of drug-likeness (QED) is 0.661. The lowest BCUT2D eigenvalue weighted by Crippen LogP contribution is -2.54. The summed E-state index contributed by atoms with van der Waals surface area (Å²) in [7, 11) is 0. The van der Waals surface area contributed by atoms with Crippen molar-refractivity contribution in [2.75, 3.05) is 13.1 Å². The van der Waals surface area contributed by atoms with E-state index in [0.717, 1.165) is 0 Å². The summed E-state index contributed by atoms with van der Waals surface area (Å²) in [5.74, 6) is -0.324. The van der Waals surface area contributed by atoms with Crippen LogP contribution in [0.25, 0.3) is 0 Å². The fourth-order valence-corrected chi connectivity index (χ4v) is 1.24. The molecule has 0 bridgehead atoms. The summed E-state index contributed by atoms with van der Waals surface area (Å²) in [6.07, 6.45) is 0.991. The molecule has 0 aliphatic heterocycles. The summed E-state index contributed by atoms with van der Waals surface area (Å²) in [6, 6.07) is 3.70. The average Bonchev–Trinajstić information content (AvgIpc) is 2.26. The molecule has 0 spiro atoms. The summed E-state index contributed by atoms with van der Waals surface area (Å²) < 4.78 is 0. The second kappa shape index (κ2) is 6.00. The molecule has 5 heteroatoms. The number of nitriles is 2. The van der Waals surface area contributed by atoms with E-state index in [-0.39, 0.29) is 19.0 Å². The van der Waals surface area contributed by atoms with Crippen LogP contribution >= 0.6 is 0 Å². The molecule has 5 nitrogen and oxygen atoms in total. The van der Waals surface area contributed by atoms with Gasteiger partial charge in [0.05, 0.1) is 17.7 Å². The average molecular weight is 208 g/mol. The van der Waals surface area contributed by atoms with E-state index in [9.17, 15) is 4.79 Å².